The number of thiazole rings is 1. The normalized spacial score (nSPS) is 16.0. The van der Waals surface area contributed by atoms with Crippen LogP contribution < -0.4 is 4.80 Å². The average Bonchev–Trinajstić information content (AvgIpc) is 3.36. The largest absolute Gasteiger partial charge is 0.319 e. The minimum absolute atomic E-state index is 0.0568. The number of hydrogen-bond donors (Lipinski definition) is 0. The molecule has 0 bridgehead atoms. The zero-order valence-electron chi connectivity index (χ0n) is 18.3. The van der Waals surface area contributed by atoms with E-state index in [0.29, 0.717) is 10.4 Å². The summed E-state index contributed by atoms with van der Waals surface area (Å²) < 4.78 is 30.3. The Labute approximate surface area is 186 Å². The van der Waals surface area contributed by atoms with Crippen LogP contribution in [0.5, 0.6) is 0 Å². The third-order valence-electron chi connectivity index (χ3n) is 6.05. The molecule has 0 atom stereocenters. The molecule has 0 radical (unpaired) electrons. The van der Waals surface area contributed by atoms with Crippen molar-refractivity contribution in [3.63, 3.8) is 0 Å². The van der Waals surface area contributed by atoms with Crippen LogP contribution in [-0.4, -0.2) is 36.3 Å². The van der Waals surface area contributed by atoms with Gasteiger partial charge in [0.2, 0.25) is 10.0 Å². The van der Waals surface area contributed by atoms with Crippen molar-refractivity contribution < 1.29 is 13.2 Å². The molecule has 1 fully saturated rings. The molecule has 3 aromatic rings. The number of rotatable bonds is 4. The molecule has 0 unspecified atom stereocenters. The highest BCUT2D eigenvalue weighted by atomic mass is 32.2. The van der Waals surface area contributed by atoms with Gasteiger partial charge in [-0.15, -0.1) is 0 Å². The lowest BCUT2D eigenvalue weighted by atomic mass is 10.1. The van der Waals surface area contributed by atoms with E-state index in [-0.39, 0.29) is 16.8 Å². The molecule has 1 aliphatic rings. The highest BCUT2D eigenvalue weighted by molar-refractivity contribution is 7.89. The molecule has 2 aromatic carbocycles. The predicted octanol–water partition coefficient (Wildman–Crippen LogP) is 4.16. The van der Waals surface area contributed by atoms with Gasteiger partial charge in [0.1, 0.15) is 0 Å². The predicted molar refractivity (Wildman–Crippen MR) is 124 cm³/mol. The molecule has 0 N–H and O–H groups in total. The van der Waals surface area contributed by atoms with Gasteiger partial charge in [-0.3, -0.25) is 4.79 Å². The van der Waals surface area contributed by atoms with Gasteiger partial charge in [0, 0.05) is 25.7 Å². The van der Waals surface area contributed by atoms with Gasteiger partial charge < -0.3 is 4.57 Å². The Hall–Kier alpha value is -2.29. The number of sulfonamides is 1. The van der Waals surface area contributed by atoms with E-state index < -0.39 is 10.0 Å². The van der Waals surface area contributed by atoms with E-state index in [2.05, 4.69) is 24.0 Å². The molecule has 8 heteroatoms. The first-order valence-corrected chi connectivity index (χ1v) is 12.7. The van der Waals surface area contributed by atoms with Gasteiger partial charge in [0.15, 0.2) is 4.80 Å². The van der Waals surface area contributed by atoms with Crippen LogP contribution >= 0.6 is 11.3 Å². The van der Waals surface area contributed by atoms with Crippen molar-refractivity contribution in [3.05, 3.63) is 57.9 Å². The summed E-state index contributed by atoms with van der Waals surface area (Å²) in [7, 11) is -0.0190. The molecule has 0 spiro atoms. The maximum Gasteiger partial charge on any atom is 0.279 e. The Balaban J connectivity index is 1.63. The molecule has 4 rings (SSSR count). The third kappa shape index (κ3) is 4.12. The van der Waals surface area contributed by atoms with E-state index in [1.807, 2.05) is 18.5 Å². The van der Waals surface area contributed by atoms with E-state index >= 15 is 0 Å². The van der Waals surface area contributed by atoms with E-state index in [1.54, 1.807) is 19.2 Å². The summed E-state index contributed by atoms with van der Waals surface area (Å²) in [4.78, 5) is 17.9. The first kappa shape index (κ1) is 21.9. The molecule has 164 valence electrons. The number of amides is 1. The van der Waals surface area contributed by atoms with Gasteiger partial charge in [0.25, 0.3) is 5.91 Å². The first-order valence-electron chi connectivity index (χ1n) is 10.4. The van der Waals surface area contributed by atoms with Crippen LogP contribution in [0.4, 0.5) is 0 Å². The second-order valence-corrected chi connectivity index (χ2v) is 11.3. The number of benzene rings is 2. The standard InChI is InChI=1S/C23H27N3O3S2/c1-15-13-16(2)21-20(14-15)30-23(25(21)3)24-22(27)17-9-11-19(12-10-17)31(28,29)26(4)18-7-5-6-8-18/h9-14,18H,5-8H2,1-4H3. The molecule has 1 amide bonds. The number of aryl methyl sites for hydroxylation is 3. The van der Waals surface area contributed by atoms with Crippen molar-refractivity contribution in [2.75, 3.05) is 7.05 Å². The SMILES string of the molecule is Cc1cc(C)c2c(c1)sc(=NC(=O)c1ccc(S(=O)(=O)N(C)C3CCCC3)cc1)n2C. The number of fused-ring (bicyclic) bond motifs is 1. The lowest BCUT2D eigenvalue weighted by Gasteiger charge is -2.23. The summed E-state index contributed by atoms with van der Waals surface area (Å²) >= 11 is 1.47. The molecule has 1 aliphatic carbocycles. The van der Waals surface area contributed by atoms with Crippen LogP contribution in [0.15, 0.2) is 46.3 Å². The van der Waals surface area contributed by atoms with E-state index in [0.717, 1.165) is 41.5 Å². The second kappa shape index (κ2) is 8.33. The molecular weight excluding hydrogens is 430 g/mol. The van der Waals surface area contributed by atoms with E-state index in [9.17, 15) is 13.2 Å². The number of hydrogen-bond acceptors (Lipinski definition) is 4. The first-order chi connectivity index (χ1) is 14.7. The molecule has 1 heterocycles. The maximum atomic E-state index is 12.9. The maximum absolute atomic E-state index is 12.9. The quantitative estimate of drug-likeness (QED) is 0.591. The van der Waals surface area contributed by atoms with Crippen LogP contribution in [0.2, 0.25) is 0 Å². The second-order valence-electron chi connectivity index (χ2n) is 8.27. The monoisotopic (exact) mass is 457 g/mol. The fourth-order valence-corrected chi connectivity index (χ4v) is 6.95. The molecule has 31 heavy (non-hydrogen) atoms. The van der Waals surface area contributed by atoms with E-state index in [1.165, 1.54) is 33.3 Å². The Bertz CT molecular complexity index is 1310. The van der Waals surface area contributed by atoms with Crippen LogP contribution in [0.25, 0.3) is 10.2 Å². The average molecular weight is 458 g/mol. The summed E-state index contributed by atoms with van der Waals surface area (Å²) in [6, 6.07) is 10.4. The third-order valence-corrected chi connectivity index (χ3v) is 9.05. The molecule has 0 aliphatic heterocycles. The number of aromatic nitrogens is 1. The Morgan fingerprint density at radius 1 is 1.13 bits per heavy atom. The molecule has 1 aromatic heterocycles. The summed E-state index contributed by atoms with van der Waals surface area (Å²) in [5.74, 6) is -0.385. The Kier molecular flexibility index (Phi) is 5.89. The van der Waals surface area contributed by atoms with Gasteiger partial charge in [0.05, 0.1) is 15.1 Å². The van der Waals surface area contributed by atoms with Crippen LogP contribution in [0, 0.1) is 13.8 Å². The minimum Gasteiger partial charge on any atom is -0.319 e. The van der Waals surface area contributed by atoms with Gasteiger partial charge in [-0.25, -0.2) is 8.42 Å². The summed E-state index contributed by atoms with van der Waals surface area (Å²) in [5, 5.41) is 0. The smallest absolute Gasteiger partial charge is 0.279 e. The summed E-state index contributed by atoms with van der Waals surface area (Å²) in [6.45, 7) is 4.10. The highest BCUT2D eigenvalue weighted by Gasteiger charge is 2.30. The van der Waals surface area contributed by atoms with Crippen molar-refractivity contribution in [1.82, 2.24) is 8.87 Å². The number of carbonyl (C=O) groups excluding carboxylic acids is 1. The lowest BCUT2D eigenvalue weighted by molar-refractivity contribution is 0.0998. The van der Waals surface area contributed by atoms with Crippen LogP contribution in [0.3, 0.4) is 0 Å². The molecule has 1 saturated carbocycles. The fraction of sp³-hybridized carbons (Fsp3) is 0.391. The van der Waals surface area contributed by atoms with Gasteiger partial charge in [-0.2, -0.15) is 9.30 Å². The van der Waals surface area contributed by atoms with Crippen LogP contribution in [0.1, 0.15) is 47.2 Å². The van der Waals surface area contributed by atoms with Crippen molar-refractivity contribution in [2.24, 2.45) is 12.0 Å². The van der Waals surface area contributed by atoms with Crippen molar-refractivity contribution in [3.8, 4) is 0 Å². The molecule has 6 nitrogen and oxygen atoms in total. The molecule has 0 saturated heterocycles. The van der Waals surface area contributed by atoms with Gasteiger partial charge >= 0.3 is 0 Å². The van der Waals surface area contributed by atoms with Gasteiger partial charge in [-0.05, 0) is 68.1 Å². The lowest BCUT2D eigenvalue weighted by Crippen LogP contribution is -2.35. The molecular formula is C23H27N3O3S2. The topological polar surface area (TPSA) is 71.7 Å². The van der Waals surface area contributed by atoms with Crippen molar-refractivity contribution >= 4 is 37.5 Å². The van der Waals surface area contributed by atoms with Gasteiger partial charge in [-0.1, -0.05) is 30.2 Å². The summed E-state index contributed by atoms with van der Waals surface area (Å²) in [5.41, 5.74) is 3.75. The minimum atomic E-state index is -3.57. The highest BCUT2D eigenvalue weighted by Crippen LogP contribution is 2.27. The fourth-order valence-electron chi connectivity index (χ4n) is 4.34. The van der Waals surface area contributed by atoms with Crippen molar-refractivity contribution in [1.29, 1.82) is 0 Å². The van der Waals surface area contributed by atoms with Crippen molar-refractivity contribution in [2.45, 2.75) is 50.5 Å². The Morgan fingerprint density at radius 2 is 1.77 bits per heavy atom. The summed E-state index contributed by atoms with van der Waals surface area (Å²) in [6.07, 6.45) is 3.92. The number of nitrogens with zero attached hydrogens (tertiary/aromatic N) is 3. The zero-order chi connectivity index (χ0) is 22.3. The van der Waals surface area contributed by atoms with Crippen LogP contribution in [-0.2, 0) is 17.1 Å². The zero-order valence-corrected chi connectivity index (χ0v) is 19.9. The van der Waals surface area contributed by atoms with E-state index in [4.69, 9.17) is 0 Å². The Morgan fingerprint density at radius 3 is 2.42 bits per heavy atom. The number of carbonyl (C=O) groups is 1.